The number of carbonyl (C=O) groups is 1. The molecule has 1 unspecified atom stereocenters. The molecular weight excluding hydrogens is 232 g/mol. The van der Waals surface area contributed by atoms with Crippen LogP contribution in [0.3, 0.4) is 0 Å². The van der Waals surface area contributed by atoms with Crippen LogP contribution < -0.4 is 4.74 Å². The number of ether oxygens (including phenoxy) is 1. The highest BCUT2D eigenvalue weighted by Gasteiger charge is 2.09. The first-order valence-corrected chi connectivity index (χ1v) is 5.43. The van der Waals surface area contributed by atoms with Gasteiger partial charge in [-0.1, -0.05) is 0 Å². The lowest BCUT2D eigenvalue weighted by atomic mass is 10.2. The molecule has 0 saturated heterocycles. The van der Waals surface area contributed by atoms with Crippen molar-refractivity contribution in [3.8, 4) is 5.75 Å². The van der Waals surface area contributed by atoms with Gasteiger partial charge in [-0.3, -0.25) is 9.97 Å². The summed E-state index contributed by atoms with van der Waals surface area (Å²) in [7, 11) is 0. The van der Waals surface area contributed by atoms with Gasteiger partial charge in [-0.05, 0) is 31.2 Å². The number of carboxylic acids is 1. The lowest BCUT2D eigenvalue weighted by Gasteiger charge is -2.13. The van der Waals surface area contributed by atoms with Crippen molar-refractivity contribution >= 4 is 5.97 Å². The van der Waals surface area contributed by atoms with Crippen LogP contribution >= 0.6 is 0 Å². The number of hydrogen-bond acceptors (Lipinski definition) is 4. The average Bonchev–Trinajstić information content (AvgIpc) is 2.40. The van der Waals surface area contributed by atoms with E-state index in [0.717, 1.165) is 5.69 Å². The standard InChI is InChI=1S/C13H12N2O3/c1-9(12-8-14-6-7-15-12)18-11-4-2-10(3-5-11)13(16)17/h2-9H,1H3,(H,16,17). The summed E-state index contributed by atoms with van der Waals surface area (Å²) < 4.78 is 5.64. The van der Waals surface area contributed by atoms with E-state index in [1.165, 1.54) is 12.1 Å². The smallest absolute Gasteiger partial charge is 0.335 e. The van der Waals surface area contributed by atoms with E-state index in [1.807, 2.05) is 6.92 Å². The Bertz CT molecular complexity index is 526. The van der Waals surface area contributed by atoms with Crippen LogP contribution in [0.2, 0.25) is 0 Å². The monoisotopic (exact) mass is 244 g/mol. The molecule has 5 nitrogen and oxygen atoms in total. The SMILES string of the molecule is CC(Oc1ccc(C(=O)O)cc1)c1cnccn1. The van der Waals surface area contributed by atoms with E-state index in [2.05, 4.69) is 9.97 Å². The molecule has 0 amide bonds. The Kier molecular flexibility index (Phi) is 3.52. The number of aromatic nitrogens is 2. The van der Waals surface area contributed by atoms with E-state index in [4.69, 9.17) is 9.84 Å². The fourth-order valence-corrected chi connectivity index (χ4v) is 1.46. The van der Waals surface area contributed by atoms with Gasteiger partial charge in [0.1, 0.15) is 11.9 Å². The summed E-state index contributed by atoms with van der Waals surface area (Å²) in [5.74, 6) is -0.360. The van der Waals surface area contributed by atoms with Crippen LogP contribution in [-0.2, 0) is 0 Å². The number of nitrogens with zero attached hydrogens (tertiary/aromatic N) is 2. The Morgan fingerprint density at radius 1 is 1.28 bits per heavy atom. The molecule has 0 spiro atoms. The first-order valence-electron chi connectivity index (χ1n) is 5.43. The van der Waals surface area contributed by atoms with Crippen LogP contribution in [0.4, 0.5) is 0 Å². The maximum Gasteiger partial charge on any atom is 0.335 e. The third-order valence-electron chi connectivity index (χ3n) is 2.41. The largest absolute Gasteiger partial charge is 0.484 e. The van der Waals surface area contributed by atoms with Gasteiger partial charge in [-0.25, -0.2) is 4.79 Å². The Labute approximate surface area is 104 Å². The number of rotatable bonds is 4. The van der Waals surface area contributed by atoms with Crippen LogP contribution in [0.1, 0.15) is 29.1 Å². The number of benzene rings is 1. The van der Waals surface area contributed by atoms with Crippen molar-refractivity contribution in [2.24, 2.45) is 0 Å². The van der Waals surface area contributed by atoms with Crippen LogP contribution in [-0.4, -0.2) is 21.0 Å². The van der Waals surface area contributed by atoms with Crippen molar-refractivity contribution in [3.05, 3.63) is 54.1 Å². The second-order valence-corrected chi connectivity index (χ2v) is 3.72. The molecule has 0 aliphatic carbocycles. The normalized spacial score (nSPS) is 11.8. The quantitative estimate of drug-likeness (QED) is 0.893. The van der Waals surface area contributed by atoms with E-state index >= 15 is 0 Å². The van der Waals surface area contributed by atoms with E-state index < -0.39 is 5.97 Å². The Hall–Kier alpha value is -2.43. The maximum atomic E-state index is 10.7. The minimum atomic E-state index is -0.955. The van der Waals surface area contributed by atoms with Gasteiger partial charge in [0.05, 0.1) is 17.5 Å². The molecule has 1 heterocycles. The zero-order valence-electron chi connectivity index (χ0n) is 9.78. The fraction of sp³-hybridized carbons (Fsp3) is 0.154. The van der Waals surface area contributed by atoms with E-state index in [-0.39, 0.29) is 11.7 Å². The lowest BCUT2D eigenvalue weighted by molar-refractivity contribution is 0.0697. The minimum absolute atomic E-state index is 0.231. The molecule has 0 bridgehead atoms. The molecule has 18 heavy (non-hydrogen) atoms. The summed E-state index contributed by atoms with van der Waals surface area (Å²) >= 11 is 0. The second-order valence-electron chi connectivity index (χ2n) is 3.72. The summed E-state index contributed by atoms with van der Waals surface area (Å²) in [4.78, 5) is 18.8. The first-order chi connectivity index (χ1) is 8.66. The van der Waals surface area contributed by atoms with Gasteiger partial charge >= 0.3 is 5.97 Å². The predicted octanol–water partition coefficient (Wildman–Crippen LogP) is 2.31. The number of carboxylic acid groups (broad SMARTS) is 1. The molecule has 0 aliphatic heterocycles. The summed E-state index contributed by atoms with van der Waals surface area (Å²) in [6.45, 7) is 1.86. The summed E-state index contributed by atoms with van der Waals surface area (Å²) in [6.07, 6.45) is 4.59. The molecule has 92 valence electrons. The molecule has 1 atom stereocenters. The maximum absolute atomic E-state index is 10.7. The Morgan fingerprint density at radius 3 is 2.56 bits per heavy atom. The van der Waals surface area contributed by atoms with Crippen LogP contribution in [0.25, 0.3) is 0 Å². The number of aromatic carboxylic acids is 1. The van der Waals surface area contributed by atoms with E-state index in [1.54, 1.807) is 30.7 Å². The zero-order chi connectivity index (χ0) is 13.0. The summed E-state index contributed by atoms with van der Waals surface area (Å²) in [5.41, 5.74) is 0.953. The van der Waals surface area contributed by atoms with E-state index in [9.17, 15) is 4.79 Å². The summed E-state index contributed by atoms with van der Waals surface area (Å²) in [5, 5.41) is 8.78. The summed E-state index contributed by atoms with van der Waals surface area (Å²) in [6, 6.07) is 6.24. The van der Waals surface area contributed by atoms with Gasteiger partial charge < -0.3 is 9.84 Å². The van der Waals surface area contributed by atoms with Gasteiger partial charge in [0.25, 0.3) is 0 Å². The molecule has 2 aromatic rings. The molecule has 2 rings (SSSR count). The molecule has 1 N–H and O–H groups in total. The van der Waals surface area contributed by atoms with Crippen molar-refractivity contribution in [1.29, 1.82) is 0 Å². The Morgan fingerprint density at radius 2 is 2.00 bits per heavy atom. The third-order valence-corrected chi connectivity index (χ3v) is 2.41. The van der Waals surface area contributed by atoms with Gasteiger partial charge in [0.2, 0.25) is 0 Å². The Balaban J connectivity index is 2.08. The molecule has 5 heteroatoms. The van der Waals surface area contributed by atoms with Crippen molar-refractivity contribution in [2.75, 3.05) is 0 Å². The third kappa shape index (κ3) is 2.82. The van der Waals surface area contributed by atoms with Gasteiger partial charge in [-0.15, -0.1) is 0 Å². The molecule has 1 aromatic heterocycles. The van der Waals surface area contributed by atoms with Crippen LogP contribution in [0.15, 0.2) is 42.9 Å². The zero-order valence-corrected chi connectivity index (χ0v) is 9.78. The molecule has 1 aromatic carbocycles. The molecular formula is C13H12N2O3. The molecule has 0 fully saturated rings. The first kappa shape index (κ1) is 12.0. The average molecular weight is 244 g/mol. The van der Waals surface area contributed by atoms with Crippen molar-refractivity contribution in [2.45, 2.75) is 13.0 Å². The second kappa shape index (κ2) is 5.27. The topological polar surface area (TPSA) is 72.3 Å². The van der Waals surface area contributed by atoms with Crippen LogP contribution in [0.5, 0.6) is 5.75 Å². The van der Waals surface area contributed by atoms with Crippen molar-refractivity contribution in [1.82, 2.24) is 9.97 Å². The molecule has 0 saturated carbocycles. The van der Waals surface area contributed by atoms with Crippen LogP contribution in [0, 0.1) is 0 Å². The van der Waals surface area contributed by atoms with Gasteiger partial charge in [0, 0.05) is 12.4 Å². The minimum Gasteiger partial charge on any atom is -0.484 e. The fourth-order valence-electron chi connectivity index (χ4n) is 1.46. The molecule has 0 radical (unpaired) electrons. The number of hydrogen-bond donors (Lipinski definition) is 1. The van der Waals surface area contributed by atoms with Gasteiger partial charge in [-0.2, -0.15) is 0 Å². The van der Waals surface area contributed by atoms with Crippen molar-refractivity contribution < 1.29 is 14.6 Å². The highest BCUT2D eigenvalue weighted by atomic mass is 16.5. The lowest BCUT2D eigenvalue weighted by Crippen LogP contribution is -2.05. The van der Waals surface area contributed by atoms with Gasteiger partial charge in [0.15, 0.2) is 0 Å². The highest BCUT2D eigenvalue weighted by molar-refractivity contribution is 5.87. The predicted molar refractivity (Wildman–Crippen MR) is 64.5 cm³/mol. The van der Waals surface area contributed by atoms with Crippen molar-refractivity contribution in [3.63, 3.8) is 0 Å². The highest BCUT2D eigenvalue weighted by Crippen LogP contribution is 2.20. The van der Waals surface area contributed by atoms with E-state index in [0.29, 0.717) is 5.75 Å². The molecule has 0 aliphatic rings.